The predicted molar refractivity (Wildman–Crippen MR) is 143 cm³/mol. The number of nitrogens with one attached hydrogen (secondary N) is 2. The van der Waals surface area contributed by atoms with Gasteiger partial charge in [-0.3, -0.25) is 9.59 Å². The maximum atomic E-state index is 13.1. The quantitative estimate of drug-likeness (QED) is 0.259. The number of amides is 2. The van der Waals surface area contributed by atoms with E-state index < -0.39 is 5.91 Å². The van der Waals surface area contributed by atoms with Gasteiger partial charge in [0.05, 0.1) is 5.71 Å². The normalized spacial score (nSPS) is 11.7. The average Bonchev–Trinajstić information content (AvgIpc) is 2.89. The van der Waals surface area contributed by atoms with Crippen LogP contribution < -0.4 is 15.6 Å². The van der Waals surface area contributed by atoms with E-state index in [9.17, 15) is 9.59 Å². The van der Waals surface area contributed by atoms with Crippen LogP contribution >= 0.6 is 0 Å². The second-order valence-electron chi connectivity index (χ2n) is 8.15. The Kier molecular flexibility index (Phi) is 8.95. The fourth-order valence-corrected chi connectivity index (χ4v) is 3.53. The van der Waals surface area contributed by atoms with Crippen molar-refractivity contribution in [2.75, 3.05) is 18.0 Å². The average molecular weight is 469 g/mol. The summed E-state index contributed by atoms with van der Waals surface area (Å²) < 4.78 is 0. The number of hydrogen-bond donors (Lipinski definition) is 2. The van der Waals surface area contributed by atoms with Gasteiger partial charge in [0.1, 0.15) is 5.70 Å². The summed E-state index contributed by atoms with van der Waals surface area (Å²) in [5, 5.41) is 6.99. The molecule has 0 aromatic heterocycles. The van der Waals surface area contributed by atoms with Crippen LogP contribution in [-0.2, 0) is 4.79 Å². The highest BCUT2D eigenvalue weighted by molar-refractivity contribution is 6.06. The van der Waals surface area contributed by atoms with Crippen molar-refractivity contribution in [2.24, 2.45) is 5.10 Å². The molecular formula is C29H32N4O2. The monoisotopic (exact) mass is 468 g/mol. The first-order valence-corrected chi connectivity index (χ1v) is 11.8. The lowest BCUT2D eigenvalue weighted by Gasteiger charge is -2.21. The molecule has 0 radical (unpaired) electrons. The van der Waals surface area contributed by atoms with Gasteiger partial charge in [0.2, 0.25) is 0 Å². The number of rotatable bonds is 9. The molecule has 3 aromatic carbocycles. The number of hydrazone groups is 1. The summed E-state index contributed by atoms with van der Waals surface area (Å²) in [6, 6.07) is 24.5. The minimum Gasteiger partial charge on any atom is -0.372 e. The molecule has 6 nitrogen and oxygen atoms in total. The largest absolute Gasteiger partial charge is 0.372 e. The molecule has 35 heavy (non-hydrogen) atoms. The second kappa shape index (κ2) is 12.3. The van der Waals surface area contributed by atoms with Crippen molar-refractivity contribution in [3.63, 3.8) is 0 Å². The van der Waals surface area contributed by atoms with E-state index in [2.05, 4.69) is 34.6 Å². The zero-order valence-corrected chi connectivity index (χ0v) is 20.7. The van der Waals surface area contributed by atoms with Crippen molar-refractivity contribution in [2.45, 2.75) is 27.7 Å². The number of anilines is 1. The van der Waals surface area contributed by atoms with E-state index in [0.717, 1.165) is 35.5 Å². The Bertz CT molecular complexity index is 1190. The minimum atomic E-state index is -0.506. The van der Waals surface area contributed by atoms with E-state index >= 15 is 0 Å². The van der Waals surface area contributed by atoms with Crippen LogP contribution in [-0.4, -0.2) is 30.6 Å². The van der Waals surface area contributed by atoms with Crippen molar-refractivity contribution in [3.05, 3.63) is 107 Å². The molecule has 3 aromatic rings. The molecule has 0 aliphatic carbocycles. The van der Waals surface area contributed by atoms with Gasteiger partial charge in [0.25, 0.3) is 11.8 Å². The molecule has 0 fully saturated rings. The third-order valence-electron chi connectivity index (χ3n) is 5.66. The van der Waals surface area contributed by atoms with Gasteiger partial charge in [0, 0.05) is 24.3 Å². The molecule has 0 saturated heterocycles. The third kappa shape index (κ3) is 7.14. The van der Waals surface area contributed by atoms with Gasteiger partial charge in [-0.2, -0.15) is 5.10 Å². The molecule has 2 N–H and O–H groups in total. The van der Waals surface area contributed by atoms with Gasteiger partial charge in [0.15, 0.2) is 0 Å². The molecule has 3 rings (SSSR count). The van der Waals surface area contributed by atoms with Gasteiger partial charge in [-0.05, 0) is 69.2 Å². The van der Waals surface area contributed by atoms with Crippen LogP contribution in [0, 0.1) is 6.92 Å². The molecule has 180 valence electrons. The van der Waals surface area contributed by atoms with Gasteiger partial charge in [-0.1, -0.05) is 60.2 Å². The third-order valence-corrected chi connectivity index (χ3v) is 5.66. The van der Waals surface area contributed by atoms with Crippen LogP contribution in [0.2, 0.25) is 0 Å². The van der Waals surface area contributed by atoms with E-state index in [-0.39, 0.29) is 11.6 Å². The lowest BCUT2D eigenvalue weighted by molar-refractivity contribution is -0.117. The highest BCUT2D eigenvalue weighted by atomic mass is 16.2. The first-order chi connectivity index (χ1) is 16.9. The number of hydrogen-bond acceptors (Lipinski definition) is 4. The van der Waals surface area contributed by atoms with Crippen LogP contribution in [0.4, 0.5) is 5.69 Å². The SMILES string of the molecule is CCN(CC)c1ccc(/C=C(\NC(=O)c2ccccc2)C(=O)NN=C(C)c2ccc(C)cc2)cc1. The van der Waals surface area contributed by atoms with Gasteiger partial charge < -0.3 is 10.2 Å². The molecule has 0 spiro atoms. The summed E-state index contributed by atoms with van der Waals surface area (Å²) in [5.41, 5.74) is 7.75. The van der Waals surface area contributed by atoms with Gasteiger partial charge >= 0.3 is 0 Å². The molecule has 2 amide bonds. The summed E-state index contributed by atoms with van der Waals surface area (Å²) in [5.74, 6) is -0.875. The first-order valence-electron chi connectivity index (χ1n) is 11.8. The summed E-state index contributed by atoms with van der Waals surface area (Å²) in [6.45, 7) is 9.87. The molecule has 0 heterocycles. The smallest absolute Gasteiger partial charge is 0.287 e. The van der Waals surface area contributed by atoms with Crippen molar-refractivity contribution in [3.8, 4) is 0 Å². The molecule has 0 saturated carbocycles. The Morgan fingerprint density at radius 1 is 0.857 bits per heavy atom. The molecule has 0 bridgehead atoms. The highest BCUT2D eigenvalue weighted by Gasteiger charge is 2.15. The van der Waals surface area contributed by atoms with E-state index in [1.165, 1.54) is 0 Å². The number of aryl methyl sites for hydroxylation is 1. The zero-order valence-electron chi connectivity index (χ0n) is 20.7. The standard InChI is InChI=1S/C29H32N4O2/c1-5-33(6-2)26-18-14-23(15-19-26)20-27(30-28(34)25-10-8-7-9-11-25)29(35)32-31-22(4)24-16-12-21(3)13-17-24/h7-20H,5-6H2,1-4H3,(H,30,34)(H,32,35)/b27-20-,31-22?. The van der Waals surface area contributed by atoms with Crippen LogP contribution in [0.25, 0.3) is 6.08 Å². The summed E-state index contributed by atoms with van der Waals surface area (Å²) >= 11 is 0. The number of carbonyl (C=O) groups excluding carboxylic acids is 2. The number of benzene rings is 3. The fourth-order valence-electron chi connectivity index (χ4n) is 3.53. The van der Waals surface area contributed by atoms with Crippen LogP contribution in [0.1, 0.15) is 47.8 Å². The van der Waals surface area contributed by atoms with Crippen molar-refractivity contribution in [1.82, 2.24) is 10.7 Å². The Labute approximate surface area is 207 Å². The molecule has 0 aliphatic heterocycles. The Morgan fingerprint density at radius 2 is 1.49 bits per heavy atom. The summed E-state index contributed by atoms with van der Waals surface area (Å²) in [6.07, 6.45) is 1.65. The lowest BCUT2D eigenvalue weighted by atomic mass is 10.1. The van der Waals surface area contributed by atoms with E-state index in [0.29, 0.717) is 11.3 Å². The predicted octanol–water partition coefficient (Wildman–Crippen LogP) is 5.15. The molecule has 0 aliphatic rings. The molecule has 6 heteroatoms. The van der Waals surface area contributed by atoms with Crippen LogP contribution in [0.5, 0.6) is 0 Å². The van der Waals surface area contributed by atoms with E-state index in [1.54, 1.807) is 30.3 Å². The molecule has 0 atom stereocenters. The van der Waals surface area contributed by atoms with Gasteiger partial charge in [-0.25, -0.2) is 5.43 Å². The minimum absolute atomic E-state index is 0.106. The Balaban J connectivity index is 1.85. The topological polar surface area (TPSA) is 73.8 Å². The lowest BCUT2D eigenvalue weighted by Crippen LogP contribution is -2.33. The van der Waals surface area contributed by atoms with Crippen molar-refractivity contribution in [1.29, 1.82) is 0 Å². The molecule has 0 unspecified atom stereocenters. The number of carbonyl (C=O) groups is 2. The maximum absolute atomic E-state index is 13.1. The fraction of sp³-hybridized carbons (Fsp3) is 0.207. The molecular weight excluding hydrogens is 436 g/mol. The van der Waals surface area contributed by atoms with Crippen LogP contribution in [0.15, 0.2) is 89.7 Å². The summed E-state index contributed by atoms with van der Waals surface area (Å²) in [7, 11) is 0. The Morgan fingerprint density at radius 3 is 2.09 bits per heavy atom. The van der Waals surface area contributed by atoms with E-state index in [4.69, 9.17) is 0 Å². The Hall–Kier alpha value is -4.19. The van der Waals surface area contributed by atoms with Crippen molar-refractivity contribution < 1.29 is 9.59 Å². The van der Waals surface area contributed by atoms with Crippen LogP contribution in [0.3, 0.4) is 0 Å². The summed E-state index contributed by atoms with van der Waals surface area (Å²) in [4.78, 5) is 28.1. The maximum Gasteiger partial charge on any atom is 0.287 e. The number of nitrogens with zero attached hydrogens (tertiary/aromatic N) is 2. The second-order valence-corrected chi connectivity index (χ2v) is 8.15. The highest BCUT2D eigenvalue weighted by Crippen LogP contribution is 2.17. The van der Waals surface area contributed by atoms with Gasteiger partial charge in [-0.15, -0.1) is 0 Å². The van der Waals surface area contributed by atoms with E-state index in [1.807, 2.05) is 68.4 Å². The first kappa shape index (κ1) is 25.4. The zero-order chi connectivity index (χ0) is 25.2. The van der Waals surface area contributed by atoms with Crippen molar-refractivity contribution >= 4 is 29.3 Å².